The molecule has 1 N–H and O–H groups in total. The lowest BCUT2D eigenvalue weighted by atomic mass is 10.2. The van der Waals surface area contributed by atoms with Crippen molar-refractivity contribution < 1.29 is 14.3 Å². The van der Waals surface area contributed by atoms with Gasteiger partial charge < -0.3 is 9.47 Å². The van der Waals surface area contributed by atoms with Crippen LogP contribution >= 0.6 is 31.9 Å². The van der Waals surface area contributed by atoms with Crippen molar-refractivity contribution in [2.75, 3.05) is 7.11 Å². The van der Waals surface area contributed by atoms with Crippen molar-refractivity contribution in [3.05, 3.63) is 57.0 Å². The number of carbonyl (C=O) groups excluding carboxylic acids is 1. The molecule has 5 nitrogen and oxygen atoms in total. The third-order valence-corrected chi connectivity index (χ3v) is 4.09. The number of amides is 1. The maximum atomic E-state index is 12.0. The van der Waals surface area contributed by atoms with Gasteiger partial charge >= 0.3 is 0 Å². The second-order valence-electron chi connectivity index (χ2n) is 4.83. The highest BCUT2D eigenvalue weighted by Crippen LogP contribution is 2.21. The van der Waals surface area contributed by atoms with Crippen molar-refractivity contribution in [1.29, 1.82) is 0 Å². The van der Waals surface area contributed by atoms with Crippen molar-refractivity contribution in [2.45, 2.75) is 13.0 Å². The number of benzene rings is 2. The lowest BCUT2D eigenvalue weighted by molar-refractivity contribution is -0.127. The van der Waals surface area contributed by atoms with Crippen LogP contribution in [-0.2, 0) is 4.79 Å². The summed E-state index contributed by atoms with van der Waals surface area (Å²) in [6.07, 6.45) is 0.848. The van der Waals surface area contributed by atoms with Crippen molar-refractivity contribution in [2.24, 2.45) is 5.10 Å². The van der Waals surface area contributed by atoms with Gasteiger partial charge in [0.1, 0.15) is 11.5 Å². The van der Waals surface area contributed by atoms with E-state index in [0.29, 0.717) is 11.5 Å². The zero-order valence-electron chi connectivity index (χ0n) is 13.1. The van der Waals surface area contributed by atoms with Crippen LogP contribution in [0.4, 0.5) is 0 Å². The molecule has 0 aromatic heterocycles. The molecule has 7 heteroatoms. The predicted octanol–water partition coefficient (Wildman–Crippen LogP) is 4.14. The van der Waals surface area contributed by atoms with Crippen LogP contribution in [0.15, 0.2) is 56.5 Å². The SMILES string of the molecule is COc1ccc(Br)cc1/C=N\NC(=O)[C@@H](C)Oc1ccc(Br)cc1. The maximum absolute atomic E-state index is 12.0. The summed E-state index contributed by atoms with van der Waals surface area (Å²) >= 11 is 6.73. The van der Waals surface area contributed by atoms with Crippen molar-refractivity contribution >= 4 is 44.0 Å². The zero-order valence-corrected chi connectivity index (χ0v) is 16.3. The molecule has 0 fully saturated rings. The molecule has 2 aromatic rings. The maximum Gasteiger partial charge on any atom is 0.280 e. The lowest BCUT2D eigenvalue weighted by Crippen LogP contribution is -2.33. The number of methoxy groups -OCH3 is 1. The number of carbonyl (C=O) groups is 1. The van der Waals surface area contributed by atoms with Crippen LogP contribution in [0.5, 0.6) is 11.5 Å². The molecule has 1 atom stereocenters. The third kappa shape index (κ3) is 5.35. The Bertz CT molecular complexity index is 733. The molecule has 0 saturated carbocycles. The highest BCUT2D eigenvalue weighted by molar-refractivity contribution is 9.10. The monoisotopic (exact) mass is 454 g/mol. The third-order valence-electron chi connectivity index (χ3n) is 3.07. The molecule has 0 aliphatic heterocycles. The Kier molecular flexibility index (Phi) is 6.81. The van der Waals surface area contributed by atoms with Gasteiger partial charge in [0.15, 0.2) is 6.10 Å². The number of halogens is 2. The summed E-state index contributed by atoms with van der Waals surface area (Å²) in [6.45, 7) is 1.66. The summed E-state index contributed by atoms with van der Waals surface area (Å²) in [4.78, 5) is 12.0. The smallest absolute Gasteiger partial charge is 0.280 e. The van der Waals surface area contributed by atoms with Crippen LogP contribution in [0.25, 0.3) is 0 Å². The van der Waals surface area contributed by atoms with Gasteiger partial charge in [0, 0.05) is 14.5 Å². The average Bonchev–Trinajstić information content (AvgIpc) is 2.57. The zero-order chi connectivity index (χ0) is 17.5. The summed E-state index contributed by atoms with van der Waals surface area (Å²) in [5.41, 5.74) is 3.20. The molecule has 1 amide bonds. The number of rotatable bonds is 6. The van der Waals surface area contributed by atoms with Crippen molar-refractivity contribution in [1.82, 2.24) is 5.43 Å². The van der Waals surface area contributed by atoms with E-state index < -0.39 is 6.10 Å². The molecule has 0 saturated heterocycles. The standard InChI is InChI=1S/C17H16Br2N2O3/c1-11(24-15-6-3-13(18)4-7-15)17(22)21-20-10-12-9-14(19)5-8-16(12)23-2/h3-11H,1-2H3,(H,21,22)/b20-10-/t11-/m1/s1. The Morgan fingerprint density at radius 3 is 2.50 bits per heavy atom. The molecular formula is C17H16Br2N2O3. The van der Waals surface area contributed by atoms with Gasteiger partial charge in [0.2, 0.25) is 0 Å². The summed E-state index contributed by atoms with van der Waals surface area (Å²) < 4.78 is 12.6. The van der Waals surface area contributed by atoms with E-state index in [0.717, 1.165) is 14.5 Å². The minimum absolute atomic E-state index is 0.344. The largest absolute Gasteiger partial charge is 0.496 e. The van der Waals surface area contributed by atoms with E-state index in [1.165, 1.54) is 6.21 Å². The van der Waals surface area contributed by atoms with Gasteiger partial charge in [0.25, 0.3) is 5.91 Å². The summed E-state index contributed by atoms with van der Waals surface area (Å²) in [6, 6.07) is 12.8. The van der Waals surface area contributed by atoms with Crippen LogP contribution in [0.2, 0.25) is 0 Å². The van der Waals surface area contributed by atoms with E-state index in [2.05, 4.69) is 42.4 Å². The molecule has 0 bridgehead atoms. The van der Waals surface area contributed by atoms with E-state index in [1.807, 2.05) is 30.3 Å². The van der Waals surface area contributed by atoms with Gasteiger partial charge in [-0.25, -0.2) is 5.43 Å². The van der Waals surface area contributed by atoms with Gasteiger partial charge in [0.05, 0.1) is 13.3 Å². The average molecular weight is 456 g/mol. The Balaban J connectivity index is 1.94. The van der Waals surface area contributed by atoms with Crippen LogP contribution in [0.3, 0.4) is 0 Å². The topological polar surface area (TPSA) is 59.9 Å². The Morgan fingerprint density at radius 2 is 1.83 bits per heavy atom. The van der Waals surface area contributed by atoms with E-state index in [1.54, 1.807) is 26.2 Å². The highest BCUT2D eigenvalue weighted by Gasteiger charge is 2.13. The number of nitrogens with zero attached hydrogens (tertiary/aromatic N) is 1. The van der Waals surface area contributed by atoms with E-state index in [-0.39, 0.29) is 5.91 Å². The molecule has 2 rings (SSSR count). The van der Waals surface area contributed by atoms with Gasteiger partial charge in [-0.3, -0.25) is 4.79 Å². The van der Waals surface area contributed by atoms with Gasteiger partial charge in [-0.1, -0.05) is 31.9 Å². The Labute approximate surface area is 157 Å². The fraction of sp³-hybridized carbons (Fsp3) is 0.176. The minimum atomic E-state index is -0.673. The number of ether oxygens (including phenoxy) is 2. The molecule has 0 aliphatic carbocycles. The quantitative estimate of drug-likeness (QED) is 0.526. The van der Waals surface area contributed by atoms with Crippen LogP contribution in [0, 0.1) is 0 Å². The van der Waals surface area contributed by atoms with Crippen molar-refractivity contribution in [3.8, 4) is 11.5 Å². The fourth-order valence-corrected chi connectivity index (χ4v) is 2.48. The summed E-state index contributed by atoms with van der Waals surface area (Å²) in [5, 5.41) is 3.96. The fourth-order valence-electron chi connectivity index (χ4n) is 1.83. The highest BCUT2D eigenvalue weighted by atomic mass is 79.9. The molecule has 0 heterocycles. The van der Waals surface area contributed by atoms with Crippen LogP contribution in [0.1, 0.15) is 12.5 Å². The first-order valence-electron chi connectivity index (χ1n) is 7.08. The van der Waals surface area contributed by atoms with E-state index in [4.69, 9.17) is 9.47 Å². The first kappa shape index (κ1) is 18.5. The van der Waals surface area contributed by atoms with Crippen LogP contribution < -0.4 is 14.9 Å². The first-order valence-corrected chi connectivity index (χ1v) is 8.67. The van der Waals surface area contributed by atoms with Gasteiger partial charge in [-0.15, -0.1) is 0 Å². The van der Waals surface area contributed by atoms with Gasteiger partial charge in [-0.05, 0) is 49.4 Å². The molecule has 0 radical (unpaired) electrons. The number of hydrazone groups is 1. The molecule has 0 unspecified atom stereocenters. The molecule has 126 valence electrons. The predicted molar refractivity (Wildman–Crippen MR) is 101 cm³/mol. The van der Waals surface area contributed by atoms with E-state index in [9.17, 15) is 4.79 Å². The number of nitrogens with one attached hydrogen (secondary N) is 1. The normalized spacial score (nSPS) is 12.0. The number of hydrogen-bond acceptors (Lipinski definition) is 4. The lowest BCUT2D eigenvalue weighted by Gasteiger charge is -2.12. The van der Waals surface area contributed by atoms with Crippen LogP contribution in [-0.4, -0.2) is 25.3 Å². The first-order chi connectivity index (χ1) is 11.5. The summed E-state index contributed by atoms with van der Waals surface area (Å²) in [5.74, 6) is 0.928. The molecular weight excluding hydrogens is 440 g/mol. The second-order valence-corrected chi connectivity index (χ2v) is 6.67. The molecule has 0 spiro atoms. The van der Waals surface area contributed by atoms with Gasteiger partial charge in [-0.2, -0.15) is 5.10 Å². The molecule has 24 heavy (non-hydrogen) atoms. The molecule has 0 aliphatic rings. The van der Waals surface area contributed by atoms with Crippen molar-refractivity contribution in [3.63, 3.8) is 0 Å². The molecule has 2 aromatic carbocycles. The van der Waals surface area contributed by atoms with E-state index >= 15 is 0 Å². The minimum Gasteiger partial charge on any atom is -0.496 e. The number of hydrogen-bond donors (Lipinski definition) is 1. The second kappa shape index (κ2) is 8.84. The Hall–Kier alpha value is -1.86. The summed E-state index contributed by atoms with van der Waals surface area (Å²) in [7, 11) is 1.58. The Morgan fingerprint density at radius 1 is 1.17 bits per heavy atom.